The number of aromatic nitrogens is 1. The molecule has 0 saturated heterocycles. The van der Waals surface area contributed by atoms with Gasteiger partial charge in [-0.1, -0.05) is 35.1 Å². The summed E-state index contributed by atoms with van der Waals surface area (Å²) in [6.45, 7) is 1.93. The van der Waals surface area contributed by atoms with Crippen molar-refractivity contribution in [3.8, 4) is 10.9 Å². The Bertz CT molecular complexity index is 568. The molecular formula is C11H8ClNO3S. The molecule has 0 unspecified atom stereocenters. The predicted molar refractivity (Wildman–Crippen MR) is 65.3 cm³/mol. The Morgan fingerprint density at radius 2 is 2.29 bits per heavy atom. The molecule has 1 aromatic heterocycles. The van der Waals surface area contributed by atoms with Gasteiger partial charge in [-0.15, -0.1) is 0 Å². The van der Waals surface area contributed by atoms with Crippen molar-refractivity contribution in [3.63, 3.8) is 0 Å². The SMILES string of the molecule is Cc1cccc(Oc2nc(Cl)c(C(=O)O)s2)c1. The number of hydrogen-bond donors (Lipinski definition) is 1. The molecule has 0 bridgehead atoms. The average Bonchev–Trinajstić information content (AvgIpc) is 2.59. The van der Waals surface area contributed by atoms with Crippen LogP contribution in [0.15, 0.2) is 24.3 Å². The third-order valence-corrected chi connectivity index (χ3v) is 3.26. The van der Waals surface area contributed by atoms with Gasteiger partial charge in [0.1, 0.15) is 5.75 Å². The first-order valence-electron chi connectivity index (χ1n) is 4.70. The monoisotopic (exact) mass is 269 g/mol. The lowest BCUT2D eigenvalue weighted by atomic mass is 10.2. The molecule has 1 N–H and O–H groups in total. The molecule has 88 valence electrons. The van der Waals surface area contributed by atoms with E-state index in [0.29, 0.717) is 5.75 Å². The Labute approximate surface area is 106 Å². The number of aromatic carboxylic acids is 1. The van der Waals surface area contributed by atoms with Gasteiger partial charge >= 0.3 is 5.97 Å². The quantitative estimate of drug-likeness (QED) is 0.925. The minimum absolute atomic E-state index is 0.0191. The lowest BCUT2D eigenvalue weighted by molar-refractivity contribution is 0.0702. The van der Waals surface area contributed by atoms with Crippen LogP contribution in [0.2, 0.25) is 5.15 Å². The Hall–Kier alpha value is -1.59. The van der Waals surface area contributed by atoms with E-state index in [-0.39, 0.29) is 15.2 Å². The van der Waals surface area contributed by atoms with Crippen LogP contribution in [0, 0.1) is 6.92 Å². The van der Waals surface area contributed by atoms with Crippen molar-refractivity contribution in [2.75, 3.05) is 0 Å². The standard InChI is InChI=1S/C11H8ClNO3S/c1-6-3-2-4-7(5-6)16-11-13-9(12)8(17-11)10(14)15/h2-5H,1H3,(H,14,15). The van der Waals surface area contributed by atoms with Gasteiger partial charge < -0.3 is 9.84 Å². The lowest BCUT2D eigenvalue weighted by Crippen LogP contribution is -1.91. The first kappa shape index (κ1) is 11.9. The Balaban J connectivity index is 2.25. The van der Waals surface area contributed by atoms with Crippen molar-refractivity contribution in [2.24, 2.45) is 0 Å². The fourth-order valence-corrected chi connectivity index (χ4v) is 2.23. The van der Waals surface area contributed by atoms with Crippen molar-refractivity contribution in [1.82, 2.24) is 4.98 Å². The molecule has 0 saturated carbocycles. The Morgan fingerprint density at radius 3 is 2.88 bits per heavy atom. The fourth-order valence-electron chi connectivity index (χ4n) is 1.24. The number of aryl methyl sites for hydroxylation is 1. The van der Waals surface area contributed by atoms with Crippen LogP contribution >= 0.6 is 22.9 Å². The van der Waals surface area contributed by atoms with E-state index in [9.17, 15) is 4.79 Å². The number of halogens is 1. The molecule has 0 atom stereocenters. The number of hydrogen-bond acceptors (Lipinski definition) is 4. The third-order valence-electron chi connectivity index (χ3n) is 1.96. The molecule has 0 fully saturated rings. The summed E-state index contributed by atoms with van der Waals surface area (Å²) in [5, 5.41) is 8.99. The van der Waals surface area contributed by atoms with Gasteiger partial charge in [-0.25, -0.2) is 4.79 Å². The maximum Gasteiger partial charge on any atom is 0.349 e. The van der Waals surface area contributed by atoms with Crippen LogP contribution in [-0.2, 0) is 0 Å². The highest BCUT2D eigenvalue weighted by molar-refractivity contribution is 7.15. The van der Waals surface area contributed by atoms with E-state index >= 15 is 0 Å². The zero-order chi connectivity index (χ0) is 12.4. The number of carboxylic acid groups (broad SMARTS) is 1. The van der Waals surface area contributed by atoms with E-state index in [4.69, 9.17) is 21.4 Å². The first-order chi connectivity index (χ1) is 8.06. The second kappa shape index (κ2) is 4.73. The number of benzene rings is 1. The molecular weight excluding hydrogens is 262 g/mol. The highest BCUT2D eigenvalue weighted by Crippen LogP contribution is 2.32. The summed E-state index contributed by atoms with van der Waals surface area (Å²) < 4.78 is 5.43. The van der Waals surface area contributed by atoms with Gasteiger partial charge in [0, 0.05) is 0 Å². The average molecular weight is 270 g/mol. The number of thiazole rings is 1. The normalized spacial score (nSPS) is 10.2. The molecule has 2 rings (SSSR count). The zero-order valence-corrected chi connectivity index (χ0v) is 10.4. The zero-order valence-electron chi connectivity index (χ0n) is 8.81. The van der Waals surface area contributed by atoms with Crippen LogP contribution in [-0.4, -0.2) is 16.1 Å². The van der Waals surface area contributed by atoms with E-state index in [1.54, 1.807) is 6.07 Å². The van der Waals surface area contributed by atoms with Crippen molar-refractivity contribution < 1.29 is 14.6 Å². The highest BCUT2D eigenvalue weighted by atomic mass is 35.5. The third kappa shape index (κ3) is 2.75. The molecule has 0 aliphatic rings. The predicted octanol–water partition coefficient (Wildman–Crippen LogP) is 3.60. The van der Waals surface area contributed by atoms with Crippen LogP contribution in [0.1, 0.15) is 15.2 Å². The highest BCUT2D eigenvalue weighted by Gasteiger charge is 2.16. The molecule has 0 aliphatic carbocycles. The number of nitrogens with zero attached hydrogens (tertiary/aromatic N) is 1. The topological polar surface area (TPSA) is 59.4 Å². The van der Waals surface area contributed by atoms with Crippen LogP contribution in [0.5, 0.6) is 10.9 Å². The van der Waals surface area contributed by atoms with E-state index in [1.165, 1.54) is 0 Å². The van der Waals surface area contributed by atoms with Crippen molar-refractivity contribution >= 4 is 28.9 Å². The van der Waals surface area contributed by atoms with E-state index in [1.807, 2.05) is 25.1 Å². The summed E-state index contributed by atoms with van der Waals surface area (Å²) in [5.74, 6) is -0.501. The summed E-state index contributed by atoms with van der Waals surface area (Å²) in [7, 11) is 0. The molecule has 6 heteroatoms. The van der Waals surface area contributed by atoms with Crippen LogP contribution in [0.3, 0.4) is 0 Å². The molecule has 2 aromatic rings. The van der Waals surface area contributed by atoms with Crippen molar-refractivity contribution in [2.45, 2.75) is 6.92 Å². The lowest BCUT2D eigenvalue weighted by Gasteiger charge is -2.01. The second-order valence-corrected chi connectivity index (χ2v) is 4.64. The van der Waals surface area contributed by atoms with E-state index < -0.39 is 5.97 Å². The maximum atomic E-state index is 10.8. The largest absolute Gasteiger partial charge is 0.477 e. The van der Waals surface area contributed by atoms with E-state index in [2.05, 4.69) is 4.98 Å². The Kier molecular flexibility index (Phi) is 3.31. The minimum atomic E-state index is -1.11. The van der Waals surface area contributed by atoms with Crippen LogP contribution in [0.4, 0.5) is 0 Å². The molecule has 0 amide bonds. The summed E-state index contributed by atoms with van der Waals surface area (Å²) in [6.07, 6.45) is 0. The van der Waals surface area contributed by atoms with Gasteiger partial charge in [0.05, 0.1) is 0 Å². The van der Waals surface area contributed by atoms with Gasteiger partial charge in [-0.05, 0) is 24.6 Å². The van der Waals surface area contributed by atoms with Gasteiger partial charge in [0.2, 0.25) is 0 Å². The second-order valence-electron chi connectivity index (χ2n) is 3.32. The van der Waals surface area contributed by atoms with Crippen LogP contribution < -0.4 is 4.74 Å². The molecule has 0 spiro atoms. The summed E-state index contributed by atoms with van der Waals surface area (Å²) in [6, 6.07) is 7.38. The first-order valence-corrected chi connectivity index (χ1v) is 5.90. The van der Waals surface area contributed by atoms with Gasteiger partial charge in [-0.3, -0.25) is 0 Å². The molecule has 1 heterocycles. The van der Waals surface area contributed by atoms with Crippen LogP contribution in [0.25, 0.3) is 0 Å². The molecule has 17 heavy (non-hydrogen) atoms. The molecule has 0 radical (unpaired) electrons. The van der Waals surface area contributed by atoms with Gasteiger partial charge in [0.15, 0.2) is 10.0 Å². The van der Waals surface area contributed by atoms with Crippen molar-refractivity contribution in [3.05, 3.63) is 39.9 Å². The summed E-state index contributed by atoms with van der Waals surface area (Å²) >= 11 is 6.58. The fraction of sp³-hybridized carbons (Fsp3) is 0.0909. The van der Waals surface area contributed by atoms with Gasteiger partial charge in [0.25, 0.3) is 5.19 Å². The Morgan fingerprint density at radius 1 is 1.53 bits per heavy atom. The van der Waals surface area contributed by atoms with Gasteiger partial charge in [-0.2, -0.15) is 4.98 Å². The molecule has 4 nitrogen and oxygen atoms in total. The van der Waals surface area contributed by atoms with Crippen molar-refractivity contribution in [1.29, 1.82) is 0 Å². The van der Waals surface area contributed by atoms with E-state index in [0.717, 1.165) is 16.9 Å². The number of carboxylic acids is 1. The number of ether oxygens (including phenoxy) is 1. The minimum Gasteiger partial charge on any atom is -0.477 e. The summed E-state index contributed by atoms with van der Waals surface area (Å²) in [4.78, 5) is 14.6. The number of rotatable bonds is 3. The maximum absolute atomic E-state index is 10.8. The summed E-state index contributed by atoms with van der Waals surface area (Å²) in [5.41, 5.74) is 1.05. The number of carbonyl (C=O) groups is 1. The molecule has 0 aliphatic heterocycles. The smallest absolute Gasteiger partial charge is 0.349 e. The molecule has 1 aromatic carbocycles.